The molecule has 0 aliphatic rings. The van der Waals surface area contributed by atoms with E-state index in [-0.39, 0.29) is 19.1 Å². The lowest BCUT2D eigenvalue weighted by Crippen LogP contribution is -2.47. The standard InChI is InChI=1S/C15H22ClNO3/c1-4-15(3,7-8-18)17-14(19)10-20-12-5-6-13(16)11(2)9-12/h5-6,9,18H,4,7-8,10H2,1-3H3,(H,17,19). The van der Waals surface area contributed by atoms with Crippen LogP contribution in [-0.4, -0.2) is 29.8 Å². The SMILES string of the molecule is CCC(C)(CCO)NC(=O)COc1ccc(Cl)c(C)c1. The quantitative estimate of drug-likeness (QED) is 0.814. The van der Waals surface area contributed by atoms with Crippen molar-refractivity contribution in [1.82, 2.24) is 5.32 Å². The zero-order valence-electron chi connectivity index (χ0n) is 12.2. The highest BCUT2D eigenvalue weighted by Gasteiger charge is 2.23. The monoisotopic (exact) mass is 299 g/mol. The maximum atomic E-state index is 11.9. The normalized spacial score (nSPS) is 13.7. The van der Waals surface area contributed by atoms with Crippen LogP contribution < -0.4 is 10.1 Å². The molecule has 1 atom stereocenters. The molecule has 0 saturated carbocycles. The van der Waals surface area contributed by atoms with E-state index in [1.807, 2.05) is 20.8 Å². The summed E-state index contributed by atoms with van der Waals surface area (Å²) in [5.74, 6) is 0.415. The number of benzene rings is 1. The highest BCUT2D eigenvalue weighted by Crippen LogP contribution is 2.21. The van der Waals surface area contributed by atoms with Crippen molar-refractivity contribution in [3.63, 3.8) is 0 Å². The highest BCUT2D eigenvalue weighted by atomic mass is 35.5. The van der Waals surface area contributed by atoms with Gasteiger partial charge in [0.2, 0.25) is 0 Å². The maximum Gasteiger partial charge on any atom is 0.258 e. The Bertz CT molecular complexity index is 464. The Hall–Kier alpha value is -1.26. The fourth-order valence-electron chi connectivity index (χ4n) is 1.80. The number of carbonyl (C=O) groups excluding carboxylic acids is 1. The Morgan fingerprint density at radius 3 is 2.75 bits per heavy atom. The topological polar surface area (TPSA) is 58.6 Å². The molecule has 0 saturated heterocycles. The van der Waals surface area contributed by atoms with Crippen LogP contribution in [0.1, 0.15) is 32.3 Å². The molecule has 0 aliphatic carbocycles. The molecular formula is C15H22ClNO3. The van der Waals surface area contributed by atoms with Gasteiger partial charge in [0.25, 0.3) is 5.91 Å². The first-order valence-corrected chi connectivity index (χ1v) is 7.09. The van der Waals surface area contributed by atoms with Gasteiger partial charge in [-0.1, -0.05) is 18.5 Å². The van der Waals surface area contributed by atoms with Crippen LogP contribution in [0.2, 0.25) is 5.02 Å². The second-order valence-electron chi connectivity index (χ2n) is 5.14. The van der Waals surface area contributed by atoms with E-state index in [1.165, 1.54) is 0 Å². The van der Waals surface area contributed by atoms with Gasteiger partial charge in [0, 0.05) is 17.2 Å². The number of ether oxygens (including phenoxy) is 1. The molecule has 1 amide bonds. The first kappa shape index (κ1) is 16.8. The molecule has 0 aromatic heterocycles. The van der Waals surface area contributed by atoms with E-state index in [9.17, 15) is 4.79 Å². The maximum absolute atomic E-state index is 11.9. The molecule has 0 aliphatic heterocycles. The number of hydrogen-bond donors (Lipinski definition) is 2. The van der Waals surface area contributed by atoms with Crippen molar-refractivity contribution < 1.29 is 14.6 Å². The third kappa shape index (κ3) is 5.02. The number of amides is 1. The molecule has 1 rings (SSSR count). The third-order valence-corrected chi connectivity index (χ3v) is 3.81. The van der Waals surface area contributed by atoms with Crippen molar-refractivity contribution in [2.45, 2.75) is 39.2 Å². The lowest BCUT2D eigenvalue weighted by Gasteiger charge is -2.28. The minimum atomic E-state index is -0.398. The van der Waals surface area contributed by atoms with Crippen molar-refractivity contribution in [3.05, 3.63) is 28.8 Å². The average Bonchev–Trinajstić information content (AvgIpc) is 2.40. The van der Waals surface area contributed by atoms with E-state index in [0.29, 0.717) is 17.2 Å². The number of nitrogens with one attached hydrogen (secondary N) is 1. The van der Waals surface area contributed by atoms with Crippen molar-refractivity contribution >= 4 is 17.5 Å². The van der Waals surface area contributed by atoms with E-state index < -0.39 is 5.54 Å². The van der Waals surface area contributed by atoms with Gasteiger partial charge >= 0.3 is 0 Å². The van der Waals surface area contributed by atoms with Crippen molar-refractivity contribution in [2.24, 2.45) is 0 Å². The number of aliphatic hydroxyl groups excluding tert-OH is 1. The van der Waals surface area contributed by atoms with Gasteiger partial charge in [-0.25, -0.2) is 0 Å². The Morgan fingerprint density at radius 1 is 1.50 bits per heavy atom. The van der Waals surface area contributed by atoms with E-state index in [4.69, 9.17) is 21.4 Å². The molecule has 1 aromatic rings. The predicted octanol–water partition coefficient (Wildman–Crippen LogP) is 2.69. The van der Waals surface area contributed by atoms with Crippen LogP contribution in [0.25, 0.3) is 0 Å². The molecular weight excluding hydrogens is 278 g/mol. The highest BCUT2D eigenvalue weighted by molar-refractivity contribution is 6.31. The molecule has 0 spiro atoms. The Morgan fingerprint density at radius 2 is 2.20 bits per heavy atom. The number of hydrogen-bond acceptors (Lipinski definition) is 3. The molecule has 4 nitrogen and oxygen atoms in total. The molecule has 0 bridgehead atoms. The molecule has 1 aromatic carbocycles. The Labute approximate surface area is 125 Å². The van der Waals surface area contributed by atoms with Crippen LogP contribution in [-0.2, 0) is 4.79 Å². The van der Waals surface area contributed by atoms with Gasteiger partial charge in [0.15, 0.2) is 6.61 Å². The number of rotatable bonds is 7. The van der Waals surface area contributed by atoms with Crippen LogP contribution in [0.4, 0.5) is 0 Å². The summed E-state index contributed by atoms with van der Waals surface area (Å²) in [6.45, 7) is 5.75. The van der Waals surface area contributed by atoms with Gasteiger partial charge in [-0.05, 0) is 50.5 Å². The molecule has 20 heavy (non-hydrogen) atoms. The smallest absolute Gasteiger partial charge is 0.258 e. The molecule has 5 heteroatoms. The van der Waals surface area contributed by atoms with Gasteiger partial charge in [0.05, 0.1) is 0 Å². The third-order valence-electron chi connectivity index (χ3n) is 3.38. The molecule has 0 radical (unpaired) electrons. The summed E-state index contributed by atoms with van der Waals surface area (Å²) in [5, 5.41) is 12.6. The van der Waals surface area contributed by atoms with E-state index >= 15 is 0 Å². The van der Waals surface area contributed by atoms with Gasteiger partial charge in [0.1, 0.15) is 5.75 Å². The van der Waals surface area contributed by atoms with Gasteiger partial charge < -0.3 is 15.2 Å². The van der Waals surface area contributed by atoms with E-state index in [1.54, 1.807) is 18.2 Å². The second kappa shape index (κ2) is 7.50. The summed E-state index contributed by atoms with van der Waals surface area (Å²) in [6.07, 6.45) is 1.27. The largest absolute Gasteiger partial charge is 0.484 e. The summed E-state index contributed by atoms with van der Waals surface area (Å²) in [6, 6.07) is 5.27. The minimum Gasteiger partial charge on any atom is -0.484 e. The lowest BCUT2D eigenvalue weighted by molar-refractivity contribution is -0.125. The van der Waals surface area contributed by atoms with Crippen molar-refractivity contribution in [3.8, 4) is 5.75 Å². The zero-order valence-corrected chi connectivity index (χ0v) is 13.0. The summed E-state index contributed by atoms with van der Waals surface area (Å²) in [7, 11) is 0. The van der Waals surface area contributed by atoms with Gasteiger partial charge in [-0.2, -0.15) is 0 Å². The first-order valence-electron chi connectivity index (χ1n) is 6.71. The summed E-state index contributed by atoms with van der Waals surface area (Å²) >= 11 is 5.93. The predicted molar refractivity (Wildman–Crippen MR) is 80.2 cm³/mol. The molecule has 1 unspecified atom stereocenters. The van der Waals surface area contributed by atoms with E-state index in [2.05, 4.69) is 5.32 Å². The van der Waals surface area contributed by atoms with Crippen LogP contribution in [0.3, 0.4) is 0 Å². The van der Waals surface area contributed by atoms with Gasteiger partial charge in [-0.3, -0.25) is 4.79 Å². The number of carbonyl (C=O) groups is 1. The molecule has 0 heterocycles. The lowest BCUT2D eigenvalue weighted by atomic mass is 9.95. The molecule has 0 fully saturated rings. The second-order valence-corrected chi connectivity index (χ2v) is 5.54. The first-order chi connectivity index (χ1) is 9.40. The molecule has 112 valence electrons. The fourth-order valence-corrected chi connectivity index (χ4v) is 1.92. The Balaban J connectivity index is 2.52. The number of aliphatic hydroxyl groups is 1. The number of halogens is 1. The van der Waals surface area contributed by atoms with Crippen LogP contribution >= 0.6 is 11.6 Å². The van der Waals surface area contributed by atoms with E-state index in [0.717, 1.165) is 12.0 Å². The Kier molecular flexibility index (Phi) is 6.30. The minimum absolute atomic E-state index is 0.0435. The molecule has 2 N–H and O–H groups in total. The number of aryl methyl sites for hydroxylation is 1. The van der Waals surface area contributed by atoms with Crippen LogP contribution in [0.5, 0.6) is 5.75 Å². The van der Waals surface area contributed by atoms with Crippen molar-refractivity contribution in [1.29, 1.82) is 0 Å². The average molecular weight is 300 g/mol. The van der Waals surface area contributed by atoms with Crippen LogP contribution in [0, 0.1) is 6.92 Å². The summed E-state index contributed by atoms with van der Waals surface area (Å²) < 4.78 is 5.44. The van der Waals surface area contributed by atoms with Crippen LogP contribution in [0.15, 0.2) is 18.2 Å². The fraction of sp³-hybridized carbons (Fsp3) is 0.533. The van der Waals surface area contributed by atoms with Crippen molar-refractivity contribution in [2.75, 3.05) is 13.2 Å². The summed E-state index contributed by atoms with van der Waals surface area (Å²) in [5.41, 5.74) is 0.508. The summed E-state index contributed by atoms with van der Waals surface area (Å²) in [4.78, 5) is 11.9. The zero-order chi connectivity index (χ0) is 15.2. The van der Waals surface area contributed by atoms with Gasteiger partial charge in [-0.15, -0.1) is 0 Å².